The Balaban J connectivity index is 3.69. The largest absolute Gasteiger partial charge is 0.464 e. The second-order valence-corrected chi connectivity index (χ2v) is 2.64. The topological polar surface area (TPSA) is 88.2 Å². The van der Waals surface area contributed by atoms with E-state index in [0.29, 0.717) is 6.61 Å². The van der Waals surface area contributed by atoms with Crippen molar-refractivity contribution in [1.82, 2.24) is 5.32 Å². The fraction of sp³-hybridized carbons (Fsp3) is 0.667. The third kappa shape index (κ3) is 4.84. The molecule has 0 aromatic heterocycles. The van der Waals surface area contributed by atoms with Crippen molar-refractivity contribution in [3.63, 3.8) is 0 Å². The number of hydrogen-bond donors (Lipinski definition) is 4. The number of carbonyl (C=O) groups is 1. The SMILES string of the molecule is CCCOC(=O)C(S)NC(=N)N. The number of esters is 1. The Bertz CT molecular complexity index is 174. The molecule has 0 radical (unpaired) electrons. The summed E-state index contributed by atoms with van der Waals surface area (Å²) in [6.07, 6.45) is 0.756. The average Bonchev–Trinajstić information content (AvgIpc) is 1.98. The zero-order valence-corrected chi connectivity index (χ0v) is 7.73. The molecule has 0 amide bonds. The first-order valence-electron chi connectivity index (χ1n) is 3.53. The summed E-state index contributed by atoms with van der Waals surface area (Å²) in [4.78, 5) is 10.9. The van der Waals surface area contributed by atoms with Gasteiger partial charge >= 0.3 is 5.97 Å². The second-order valence-electron chi connectivity index (χ2n) is 2.13. The molecule has 0 aromatic rings. The molecule has 0 saturated carbocycles. The van der Waals surface area contributed by atoms with Gasteiger partial charge in [-0.05, 0) is 6.42 Å². The van der Waals surface area contributed by atoms with E-state index in [-0.39, 0.29) is 5.96 Å². The lowest BCUT2D eigenvalue weighted by Gasteiger charge is -2.11. The van der Waals surface area contributed by atoms with Crippen LogP contribution in [0.1, 0.15) is 13.3 Å². The summed E-state index contributed by atoms with van der Waals surface area (Å²) < 4.78 is 4.72. The summed E-state index contributed by atoms with van der Waals surface area (Å²) >= 11 is 3.83. The number of nitrogens with two attached hydrogens (primary N) is 1. The molecule has 4 N–H and O–H groups in total. The number of nitrogens with one attached hydrogen (secondary N) is 2. The number of ether oxygens (including phenoxy) is 1. The highest BCUT2D eigenvalue weighted by molar-refractivity contribution is 7.81. The van der Waals surface area contributed by atoms with Crippen molar-refractivity contribution in [1.29, 1.82) is 5.41 Å². The Kier molecular flexibility index (Phi) is 5.27. The van der Waals surface area contributed by atoms with E-state index in [0.717, 1.165) is 6.42 Å². The Morgan fingerprint density at radius 3 is 2.83 bits per heavy atom. The maximum absolute atomic E-state index is 10.9. The smallest absolute Gasteiger partial charge is 0.339 e. The van der Waals surface area contributed by atoms with E-state index in [2.05, 4.69) is 17.9 Å². The molecule has 0 aromatic carbocycles. The fourth-order valence-corrected chi connectivity index (χ4v) is 0.701. The van der Waals surface area contributed by atoms with Crippen LogP contribution in [0, 0.1) is 5.41 Å². The fourth-order valence-electron chi connectivity index (χ4n) is 0.488. The van der Waals surface area contributed by atoms with Gasteiger partial charge in [0, 0.05) is 0 Å². The van der Waals surface area contributed by atoms with Gasteiger partial charge in [-0.25, -0.2) is 4.79 Å². The summed E-state index contributed by atoms with van der Waals surface area (Å²) in [5, 5.41) is 8.25. The van der Waals surface area contributed by atoms with Gasteiger partial charge in [-0.1, -0.05) is 6.92 Å². The number of carbonyl (C=O) groups excluding carboxylic acids is 1. The van der Waals surface area contributed by atoms with E-state index >= 15 is 0 Å². The van der Waals surface area contributed by atoms with E-state index in [4.69, 9.17) is 15.9 Å². The minimum Gasteiger partial charge on any atom is -0.464 e. The van der Waals surface area contributed by atoms with Gasteiger partial charge in [-0.2, -0.15) is 0 Å². The van der Waals surface area contributed by atoms with Crippen LogP contribution in [-0.2, 0) is 9.53 Å². The van der Waals surface area contributed by atoms with E-state index in [1.54, 1.807) is 0 Å². The molecule has 0 bridgehead atoms. The van der Waals surface area contributed by atoms with Crippen LogP contribution in [0.3, 0.4) is 0 Å². The molecule has 70 valence electrons. The maximum Gasteiger partial charge on any atom is 0.339 e. The van der Waals surface area contributed by atoms with Crippen LogP contribution >= 0.6 is 12.6 Å². The van der Waals surface area contributed by atoms with Gasteiger partial charge in [0.05, 0.1) is 6.61 Å². The zero-order valence-electron chi connectivity index (χ0n) is 6.83. The lowest BCUT2D eigenvalue weighted by molar-refractivity contribution is -0.143. The predicted octanol–water partition coefficient (Wildman–Crippen LogP) is -0.321. The molecule has 1 atom stereocenters. The highest BCUT2D eigenvalue weighted by atomic mass is 32.1. The van der Waals surface area contributed by atoms with Crippen molar-refractivity contribution >= 4 is 24.6 Å². The van der Waals surface area contributed by atoms with Gasteiger partial charge in [0.15, 0.2) is 11.3 Å². The summed E-state index contributed by atoms with van der Waals surface area (Å²) in [6, 6.07) is 0. The van der Waals surface area contributed by atoms with Crippen molar-refractivity contribution in [3.05, 3.63) is 0 Å². The highest BCUT2D eigenvalue weighted by Crippen LogP contribution is 1.94. The standard InChI is InChI=1S/C6H13N3O2S/c1-2-3-11-5(10)4(12)9-6(7)8/h4,12H,2-3H2,1H3,(H4,7,8,9). The van der Waals surface area contributed by atoms with Gasteiger partial charge in [-0.3, -0.25) is 5.41 Å². The predicted molar refractivity (Wildman–Crippen MR) is 49.1 cm³/mol. The number of thiol groups is 1. The van der Waals surface area contributed by atoms with Crippen LogP contribution in [-0.4, -0.2) is 23.9 Å². The van der Waals surface area contributed by atoms with Crippen LogP contribution in [0.2, 0.25) is 0 Å². The number of rotatable bonds is 4. The summed E-state index contributed by atoms with van der Waals surface area (Å²) in [7, 11) is 0. The third-order valence-electron chi connectivity index (χ3n) is 0.964. The molecule has 5 nitrogen and oxygen atoms in total. The van der Waals surface area contributed by atoms with Crippen molar-refractivity contribution < 1.29 is 9.53 Å². The van der Waals surface area contributed by atoms with E-state index in [1.165, 1.54) is 0 Å². The van der Waals surface area contributed by atoms with Crippen molar-refractivity contribution in [3.8, 4) is 0 Å². The van der Waals surface area contributed by atoms with Crippen LogP contribution < -0.4 is 11.1 Å². The van der Waals surface area contributed by atoms with Crippen molar-refractivity contribution in [2.75, 3.05) is 6.61 Å². The average molecular weight is 191 g/mol. The van der Waals surface area contributed by atoms with Gasteiger partial charge in [0.2, 0.25) is 0 Å². The molecule has 1 unspecified atom stereocenters. The minimum atomic E-state index is -0.853. The molecule has 6 heteroatoms. The Hall–Kier alpha value is -0.910. The monoisotopic (exact) mass is 191 g/mol. The zero-order chi connectivity index (χ0) is 9.56. The molecular weight excluding hydrogens is 178 g/mol. The molecule has 0 saturated heterocycles. The molecule has 0 spiro atoms. The first kappa shape index (κ1) is 11.1. The van der Waals surface area contributed by atoms with E-state index in [1.807, 2.05) is 6.92 Å². The Morgan fingerprint density at radius 1 is 1.83 bits per heavy atom. The minimum absolute atomic E-state index is 0.302. The highest BCUT2D eigenvalue weighted by Gasteiger charge is 2.14. The molecule has 0 aliphatic carbocycles. The first-order valence-corrected chi connectivity index (χ1v) is 4.04. The van der Waals surface area contributed by atoms with Gasteiger partial charge in [-0.15, -0.1) is 12.6 Å². The van der Waals surface area contributed by atoms with Crippen LogP contribution in [0.25, 0.3) is 0 Å². The van der Waals surface area contributed by atoms with Crippen molar-refractivity contribution in [2.24, 2.45) is 5.73 Å². The Morgan fingerprint density at radius 2 is 2.42 bits per heavy atom. The lowest BCUT2D eigenvalue weighted by Crippen LogP contribution is -2.41. The molecule has 0 rings (SSSR count). The number of hydrogen-bond acceptors (Lipinski definition) is 4. The molecule has 0 aliphatic rings. The van der Waals surface area contributed by atoms with Gasteiger partial charge in [0.1, 0.15) is 0 Å². The van der Waals surface area contributed by atoms with E-state index in [9.17, 15) is 4.79 Å². The number of guanidine groups is 1. The second kappa shape index (κ2) is 5.70. The molecular formula is C6H13N3O2S. The molecule has 0 fully saturated rings. The Labute approximate surface area is 76.6 Å². The summed E-state index contributed by atoms with van der Waals surface area (Å²) in [5.74, 6) is -0.821. The summed E-state index contributed by atoms with van der Waals surface area (Å²) in [6.45, 7) is 2.24. The van der Waals surface area contributed by atoms with E-state index < -0.39 is 11.3 Å². The third-order valence-corrected chi connectivity index (χ3v) is 1.30. The first-order chi connectivity index (χ1) is 5.57. The van der Waals surface area contributed by atoms with Crippen LogP contribution in [0.4, 0.5) is 0 Å². The normalized spacial score (nSPS) is 11.8. The van der Waals surface area contributed by atoms with Crippen LogP contribution in [0.5, 0.6) is 0 Å². The van der Waals surface area contributed by atoms with Gasteiger partial charge in [0.25, 0.3) is 0 Å². The lowest BCUT2D eigenvalue weighted by atomic mass is 10.5. The van der Waals surface area contributed by atoms with Crippen LogP contribution in [0.15, 0.2) is 0 Å². The van der Waals surface area contributed by atoms with Crippen molar-refractivity contribution in [2.45, 2.75) is 18.7 Å². The summed E-state index contributed by atoms with van der Waals surface area (Å²) in [5.41, 5.74) is 4.98. The maximum atomic E-state index is 10.9. The van der Waals surface area contributed by atoms with Gasteiger partial charge < -0.3 is 15.8 Å². The molecule has 12 heavy (non-hydrogen) atoms. The molecule has 0 heterocycles. The quantitative estimate of drug-likeness (QED) is 0.161. The molecule has 0 aliphatic heterocycles.